The Bertz CT molecular complexity index is 451. The minimum atomic E-state index is -0.991. The number of hydrogen-bond acceptors (Lipinski definition) is 5. The van der Waals surface area contributed by atoms with E-state index in [0.29, 0.717) is 31.8 Å². The first-order chi connectivity index (χ1) is 9.59. The van der Waals surface area contributed by atoms with Crippen LogP contribution in [0.4, 0.5) is 0 Å². The first kappa shape index (κ1) is 14.5. The molecule has 1 saturated heterocycles. The monoisotopic (exact) mass is 282 g/mol. The van der Waals surface area contributed by atoms with Crippen LogP contribution in [0.3, 0.4) is 0 Å². The third kappa shape index (κ3) is 4.07. The van der Waals surface area contributed by atoms with Gasteiger partial charge in [-0.25, -0.2) is 0 Å². The molecular formula is C13H18N2O5. The van der Waals surface area contributed by atoms with Crippen LogP contribution in [0.25, 0.3) is 0 Å². The third-order valence-corrected chi connectivity index (χ3v) is 3.21. The van der Waals surface area contributed by atoms with Crippen LogP contribution in [0.2, 0.25) is 0 Å². The average Bonchev–Trinajstić information content (AvgIpc) is 2.96. The fourth-order valence-electron chi connectivity index (χ4n) is 1.91. The van der Waals surface area contributed by atoms with Gasteiger partial charge in [0.15, 0.2) is 0 Å². The molecule has 1 aromatic heterocycles. The number of rotatable bonds is 4. The molecule has 7 nitrogen and oxygen atoms in total. The van der Waals surface area contributed by atoms with Crippen LogP contribution in [0.15, 0.2) is 22.8 Å². The Morgan fingerprint density at radius 1 is 1.25 bits per heavy atom. The van der Waals surface area contributed by atoms with E-state index in [0.717, 1.165) is 0 Å². The second-order valence-electron chi connectivity index (χ2n) is 4.78. The van der Waals surface area contributed by atoms with E-state index in [1.165, 1.54) is 6.26 Å². The number of furan rings is 1. The lowest BCUT2D eigenvalue weighted by molar-refractivity contribution is -0.140. The normalized spacial score (nSPS) is 17.4. The molecular weight excluding hydrogens is 264 g/mol. The van der Waals surface area contributed by atoms with Crippen LogP contribution in [0.5, 0.6) is 0 Å². The molecule has 0 unspecified atom stereocenters. The van der Waals surface area contributed by atoms with E-state index in [1.54, 1.807) is 12.1 Å². The predicted octanol–water partition coefficient (Wildman–Crippen LogP) is -0.447. The number of aliphatic hydroxyl groups is 1. The summed E-state index contributed by atoms with van der Waals surface area (Å²) in [6, 6.07) is 3.39. The van der Waals surface area contributed by atoms with Crippen molar-refractivity contribution in [3.63, 3.8) is 0 Å². The first-order valence-electron chi connectivity index (χ1n) is 6.48. The highest BCUT2D eigenvalue weighted by Gasteiger charge is 2.30. The minimum Gasteiger partial charge on any atom is -0.467 e. The Morgan fingerprint density at radius 2 is 1.95 bits per heavy atom. The number of amides is 2. The zero-order valence-electron chi connectivity index (χ0n) is 11.1. The van der Waals surface area contributed by atoms with E-state index in [4.69, 9.17) is 9.15 Å². The van der Waals surface area contributed by atoms with Crippen molar-refractivity contribution in [1.29, 1.82) is 0 Å². The summed E-state index contributed by atoms with van der Waals surface area (Å²) in [5.74, 6) is -0.956. The largest absolute Gasteiger partial charge is 0.467 e. The maximum Gasteiger partial charge on any atom is 0.309 e. The SMILES string of the molecule is O=C(NCc1ccco1)C(=O)NCC1(O)CCOCC1. The quantitative estimate of drug-likeness (QED) is 0.650. The molecule has 2 rings (SSSR count). The van der Waals surface area contributed by atoms with Gasteiger partial charge in [0.2, 0.25) is 0 Å². The molecule has 0 bridgehead atoms. The fraction of sp³-hybridized carbons (Fsp3) is 0.538. The van der Waals surface area contributed by atoms with Gasteiger partial charge in [-0.3, -0.25) is 9.59 Å². The molecule has 110 valence electrons. The molecule has 7 heteroatoms. The van der Waals surface area contributed by atoms with E-state index in [-0.39, 0.29) is 13.1 Å². The maximum atomic E-state index is 11.6. The van der Waals surface area contributed by atoms with Crippen LogP contribution in [0, 0.1) is 0 Å². The first-order valence-corrected chi connectivity index (χ1v) is 6.48. The van der Waals surface area contributed by atoms with E-state index < -0.39 is 17.4 Å². The number of nitrogens with one attached hydrogen (secondary N) is 2. The predicted molar refractivity (Wildman–Crippen MR) is 68.6 cm³/mol. The molecule has 20 heavy (non-hydrogen) atoms. The van der Waals surface area contributed by atoms with E-state index in [2.05, 4.69) is 10.6 Å². The molecule has 2 heterocycles. The van der Waals surface area contributed by atoms with Crippen molar-refractivity contribution in [2.45, 2.75) is 25.0 Å². The van der Waals surface area contributed by atoms with Gasteiger partial charge < -0.3 is 24.9 Å². The molecule has 1 aliphatic rings. The van der Waals surface area contributed by atoms with Gasteiger partial charge >= 0.3 is 11.8 Å². The molecule has 0 saturated carbocycles. The molecule has 1 aromatic rings. The third-order valence-electron chi connectivity index (χ3n) is 3.21. The molecule has 1 aliphatic heterocycles. The standard InChI is InChI=1S/C13H18N2O5/c16-11(14-8-10-2-1-5-20-10)12(17)15-9-13(18)3-6-19-7-4-13/h1-2,5,18H,3-4,6-9H2,(H,14,16)(H,15,17). The smallest absolute Gasteiger partial charge is 0.309 e. The Morgan fingerprint density at radius 3 is 2.60 bits per heavy atom. The van der Waals surface area contributed by atoms with Gasteiger partial charge in [0.25, 0.3) is 0 Å². The van der Waals surface area contributed by atoms with Gasteiger partial charge in [-0.1, -0.05) is 0 Å². The minimum absolute atomic E-state index is 0.0450. The molecule has 0 radical (unpaired) electrons. The summed E-state index contributed by atoms with van der Waals surface area (Å²) < 4.78 is 10.2. The summed E-state index contributed by atoms with van der Waals surface area (Å²) in [5.41, 5.74) is -0.991. The molecule has 2 amide bonds. The lowest BCUT2D eigenvalue weighted by Gasteiger charge is -2.31. The van der Waals surface area contributed by atoms with Gasteiger partial charge in [-0.15, -0.1) is 0 Å². The van der Waals surface area contributed by atoms with Gasteiger partial charge in [0.1, 0.15) is 5.76 Å². The molecule has 3 N–H and O–H groups in total. The Kier molecular flexibility index (Phi) is 4.75. The van der Waals surface area contributed by atoms with Crippen LogP contribution in [0.1, 0.15) is 18.6 Å². The highest BCUT2D eigenvalue weighted by atomic mass is 16.5. The molecule has 1 fully saturated rings. The Labute approximate surface area is 116 Å². The van der Waals surface area contributed by atoms with Crippen molar-refractivity contribution < 1.29 is 23.8 Å². The highest BCUT2D eigenvalue weighted by Crippen LogP contribution is 2.19. The van der Waals surface area contributed by atoms with Gasteiger partial charge in [-0.05, 0) is 12.1 Å². The maximum absolute atomic E-state index is 11.6. The highest BCUT2D eigenvalue weighted by molar-refractivity contribution is 6.35. The van der Waals surface area contributed by atoms with Crippen molar-refractivity contribution in [2.24, 2.45) is 0 Å². The number of ether oxygens (including phenoxy) is 1. The van der Waals surface area contributed by atoms with E-state index >= 15 is 0 Å². The molecule has 0 spiro atoms. The second kappa shape index (κ2) is 6.53. The number of hydrogen-bond donors (Lipinski definition) is 3. The molecule has 0 aliphatic carbocycles. The average molecular weight is 282 g/mol. The lowest BCUT2D eigenvalue weighted by atomic mass is 9.94. The summed E-state index contributed by atoms with van der Waals surface area (Å²) >= 11 is 0. The van der Waals surface area contributed by atoms with Gasteiger partial charge in [0, 0.05) is 32.6 Å². The zero-order valence-corrected chi connectivity index (χ0v) is 11.1. The van der Waals surface area contributed by atoms with Crippen LogP contribution >= 0.6 is 0 Å². The summed E-state index contributed by atoms with van der Waals surface area (Å²) in [5, 5.41) is 15.0. The van der Waals surface area contributed by atoms with Crippen LogP contribution in [-0.4, -0.2) is 42.3 Å². The van der Waals surface area contributed by atoms with Crippen molar-refractivity contribution >= 4 is 11.8 Å². The zero-order chi connectivity index (χ0) is 14.4. The Balaban J connectivity index is 1.72. The van der Waals surface area contributed by atoms with Gasteiger partial charge in [-0.2, -0.15) is 0 Å². The van der Waals surface area contributed by atoms with Crippen LogP contribution in [-0.2, 0) is 20.9 Å². The van der Waals surface area contributed by atoms with E-state index in [9.17, 15) is 14.7 Å². The number of carbonyl (C=O) groups is 2. The number of carbonyl (C=O) groups excluding carboxylic acids is 2. The van der Waals surface area contributed by atoms with Crippen molar-refractivity contribution in [3.8, 4) is 0 Å². The van der Waals surface area contributed by atoms with E-state index in [1.807, 2.05) is 0 Å². The van der Waals surface area contributed by atoms with Crippen molar-refractivity contribution in [2.75, 3.05) is 19.8 Å². The summed E-state index contributed by atoms with van der Waals surface area (Å²) in [7, 11) is 0. The Hall–Kier alpha value is -1.86. The second-order valence-corrected chi connectivity index (χ2v) is 4.78. The van der Waals surface area contributed by atoms with Crippen molar-refractivity contribution in [3.05, 3.63) is 24.2 Å². The summed E-state index contributed by atoms with van der Waals surface area (Å²) in [6.45, 7) is 1.11. The lowest BCUT2D eigenvalue weighted by Crippen LogP contribution is -2.49. The van der Waals surface area contributed by atoms with Crippen LogP contribution < -0.4 is 10.6 Å². The summed E-state index contributed by atoms with van der Waals surface area (Å²) in [6.07, 6.45) is 2.38. The molecule has 0 atom stereocenters. The van der Waals surface area contributed by atoms with Gasteiger partial charge in [0.05, 0.1) is 18.4 Å². The topological polar surface area (TPSA) is 101 Å². The summed E-state index contributed by atoms with van der Waals surface area (Å²) in [4.78, 5) is 23.1. The molecule has 0 aromatic carbocycles. The fourth-order valence-corrected chi connectivity index (χ4v) is 1.91. The van der Waals surface area contributed by atoms with Crippen molar-refractivity contribution in [1.82, 2.24) is 10.6 Å².